The molecule has 1 heterocycles. The van der Waals surface area contributed by atoms with Crippen LogP contribution in [0.15, 0.2) is 48.5 Å². The third-order valence-corrected chi connectivity index (χ3v) is 8.41. The predicted octanol–water partition coefficient (Wildman–Crippen LogP) is 4.02. The Bertz CT molecular complexity index is 854. The monoisotopic (exact) mass is 429 g/mol. The summed E-state index contributed by atoms with van der Waals surface area (Å²) in [5.74, 6) is 0.656. The van der Waals surface area contributed by atoms with E-state index < -0.39 is 8.32 Å². The first kappa shape index (κ1) is 22.5. The van der Waals surface area contributed by atoms with Crippen molar-refractivity contribution in [2.75, 3.05) is 18.6 Å². The lowest BCUT2D eigenvalue weighted by Gasteiger charge is -2.43. The largest absolute Gasteiger partial charge is 0.490 e. The number of aliphatic hydroxyl groups is 1. The third kappa shape index (κ3) is 4.44. The van der Waals surface area contributed by atoms with Crippen LogP contribution >= 0.6 is 0 Å². The SMILES string of the molecule is CO[C@@H]1c2cc(N(C=O)c3ccccc3)ccc2O[C@H](C(CCO)[Si](C)(C)O)[C@H]1C. The molecule has 1 aliphatic rings. The van der Waals surface area contributed by atoms with Crippen molar-refractivity contribution in [2.24, 2.45) is 5.92 Å². The minimum Gasteiger partial charge on any atom is -0.490 e. The van der Waals surface area contributed by atoms with Gasteiger partial charge in [-0.05, 0) is 49.8 Å². The van der Waals surface area contributed by atoms with Gasteiger partial charge in [0, 0.05) is 42.1 Å². The van der Waals surface area contributed by atoms with E-state index in [1.165, 1.54) is 0 Å². The van der Waals surface area contributed by atoms with Gasteiger partial charge in [-0.3, -0.25) is 9.69 Å². The zero-order valence-corrected chi connectivity index (χ0v) is 19.0. The van der Waals surface area contributed by atoms with Crippen molar-refractivity contribution in [3.8, 4) is 5.75 Å². The third-order valence-electron chi connectivity index (χ3n) is 5.97. The summed E-state index contributed by atoms with van der Waals surface area (Å²) in [5.41, 5.74) is 2.26. The summed E-state index contributed by atoms with van der Waals surface area (Å²) in [6.07, 6.45) is 0.775. The van der Waals surface area contributed by atoms with Gasteiger partial charge in [0.2, 0.25) is 6.41 Å². The first-order valence-electron chi connectivity index (χ1n) is 10.3. The molecule has 3 rings (SSSR count). The van der Waals surface area contributed by atoms with E-state index in [2.05, 4.69) is 0 Å². The molecule has 0 saturated heterocycles. The summed E-state index contributed by atoms with van der Waals surface area (Å²) < 4.78 is 12.2. The van der Waals surface area contributed by atoms with E-state index in [1.54, 1.807) is 12.0 Å². The number of rotatable bonds is 8. The number of benzene rings is 2. The van der Waals surface area contributed by atoms with Crippen LogP contribution in [0.4, 0.5) is 11.4 Å². The van der Waals surface area contributed by atoms with Crippen LogP contribution in [0.2, 0.25) is 18.6 Å². The molecule has 1 unspecified atom stereocenters. The zero-order chi connectivity index (χ0) is 21.9. The van der Waals surface area contributed by atoms with Crippen LogP contribution in [0.25, 0.3) is 0 Å². The molecule has 30 heavy (non-hydrogen) atoms. The van der Waals surface area contributed by atoms with E-state index >= 15 is 0 Å². The molecule has 1 amide bonds. The van der Waals surface area contributed by atoms with Crippen molar-refractivity contribution >= 4 is 26.1 Å². The van der Waals surface area contributed by atoms with E-state index in [-0.39, 0.29) is 30.3 Å². The number of ether oxygens (including phenoxy) is 2. The first-order chi connectivity index (χ1) is 14.3. The molecule has 2 aromatic rings. The van der Waals surface area contributed by atoms with Crippen LogP contribution in [0.1, 0.15) is 25.0 Å². The average molecular weight is 430 g/mol. The van der Waals surface area contributed by atoms with E-state index in [1.807, 2.05) is 68.5 Å². The van der Waals surface area contributed by atoms with Gasteiger partial charge < -0.3 is 19.4 Å². The molecule has 0 saturated carbocycles. The normalized spacial score (nSPS) is 22.0. The molecular weight excluding hydrogens is 398 g/mol. The van der Waals surface area contributed by atoms with Crippen LogP contribution in [-0.2, 0) is 9.53 Å². The molecule has 0 radical (unpaired) electrons. The van der Waals surface area contributed by atoms with Crippen LogP contribution in [-0.4, -0.2) is 44.5 Å². The van der Waals surface area contributed by atoms with Crippen molar-refractivity contribution in [3.63, 3.8) is 0 Å². The van der Waals surface area contributed by atoms with E-state index in [0.717, 1.165) is 23.3 Å². The van der Waals surface area contributed by atoms with Gasteiger partial charge >= 0.3 is 0 Å². The number of aliphatic hydroxyl groups excluding tert-OH is 1. The fourth-order valence-corrected chi connectivity index (χ4v) is 6.44. The van der Waals surface area contributed by atoms with E-state index in [9.17, 15) is 14.7 Å². The standard InChI is InChI=1S/C23H31NO5Si/c1-16-22(28-2)19-14-18(24(15-26)17-8-6-5-7-9-17)10-11-20(19)29-23(16)21(12-13-25)30(3,4)27/h5-11,14-16,21-23,25,27H,12-13H2,1-4H3/t16-,21?,22-,23-/m0/s1. The Morgan fingerprint density at radius 1 is 1.20 bits per heavy atom. The second-order valence-electron chi connectivity index (χ2n) is 8.40. The molecule has 0 spiro atoms. The summed E-state index contributed by atoms with van der Waals surface area (Å²) >= 11 is 0. The lowest BCUT2D eigenvalue weighted by Crippen LogP contribution is -2.48. The number of fused-ring (bicyclic) bond motifs is 1. The molecule has 4 atom stereocenters. The van der Waals surface area contributed by atoms with Gasteiger partial charge in [-0.2, -0.15) is 0 Å². The Morgan fingerprint density at radius 2 is 1.90 bits per heavy atom. The Morgan fingerprint density at radius 3 is 2.47 bits per heavy atom. The van der Waals surface area contributed by atoms with Gasteiger partial charge in [0.15, 0.2) is 8.32 Å². The number of methoxy groups -OCH3 is 1. The predicted molar refractivity (Wildman–Crippen MR) is 120 cm³/mol. The van der Waals surface area contributed by atoms with E-state index in [4.69, 9.17) is 9.47 Å². The van der Waals surface area contributed by atoms with Crippen LogP contribution in [0, 0.1) is 5.92 Å². The van der Waals surface area contributed by atoms with Crippen molar-refractivity contribution in [2.45, 2.75) is 44.2 Å². The van der Waals surface area contributed by atoms with Gasteiger partial charge in [-0.25, -0.2) is 0 Å². The minimum atomic E-state index is -2.57. The second-order valence-corrected chi connectivity index (χ2v) is 12.5. The summed E-state index contributed by atoms with van der Waals surface area (Å²) in [7, 11) is -0.910. The van der Waals surface area contributed by atoms with Gasteiger partial charge in [0.05, 0.1) is 6.10 Å². The molecule has 6 nitrogen and oxygen atoms in total. The summed E-state index contributed by atoms with van der Waals surface area (Å²) in [6, 6.07) is 15.1. The Hall–Kier alpha value is -2.19. The highest BCUT2D eigenvalue weighted by molar-refractivity contribution is 6.71. The van der Waals surface area contributed by atoms with Gasteiger partial charge in [-0.15, -0.1) is 0 Å². The number of para-hydroxylation sites is 1. The maximum Gasteiger partial charge on any atom is 0.218 e. The number of amides is 1. The molecule has 1 aliphatic heterocycles. The molecular formula is C23H31NO5Si. The van der Waals surface area contributed by atoms with Crippen LogP contribution in [0.3, 0.4) is 0 Å². The number of carbonyl (C=O) groups is 1. The zero-order valence-electron chi connectivity index (χ0n) is 18.0. The summed E-state index contributed by atoms with van der Waals surface area (Å²) in [6.45, 7) is 5.81. The van der Waals surface area contributed by atoms with Crippen molar-refractivity contribution in [1.82, 2.24) is 0 Å². The molecule has 0 aromatic heterocycles. The molecule has 0 bridgehead atoms. The molecule has 2 N–H and O–H groups in total. The number of carbonyl (C=O) groups excluding carboxylic acids is 1. The number of hydrogen-bond donors (Lipinski definition) is 2. The molecule has 0 fully saturated rings. The minimum absolute atomic E-state index is 0.00303. The molecule has 2 aromatic carbocycles. The summed E-state index contributed by atoms with van der Waals surface area (Å²) in [5, 5.41) is 9.55. The van der Waals surface area contributed by atoms with Crippen molar-refractivity contribution in [1.29, 1.82) is 0 Å². The Balaban J connectivity index is 2.00. The fourth-order valence-electron chi connectivity index (χ4n) is 4.43. The van der Waals surface area contributed by atoms with Gasteiger partial charge in [-0.1, -0.05) is 25.1 Å². The maximum atomic E-state index is 11.8. The fraction of sp³-hybridized carbons (Fsp3) is 0.435. The quantitative estimate of drug-likeness (QED) is 0.489. The topological polar surface area (TPSA) is 79.2 Å². The van der Waals surface area contributed by atoms with Gasteiger partial charge in [0.1, 0.15) is 11.9 Å². The Kier molecular flexibility index (Phi) is 6.97. The Labute approximate surface area is 179 Å². The number of hydrogen-bond acceptors (Lipinski definition) is 5. The van der Waals surface area contributed by atoms with Crippen LogP contribution in [0.5, 0.6) is 5.75 Å². The molecule has 162 valence electrons. The number of anilines is 2. The lowest BCUT2D eigenvalue weighted by atomic mass is 9.86. The molecule has 7 heteroatoms. The first-order valence-corrected chi connectivity index (χ1v) is 13.3. The average Bonchev–Trinajstić information content (AvgIpc) is 2.72. The highest BCUT2D eigenvalue weighted by Gasteiger charge is 2.46. The highest BCUT2D eigenvalue weighted by atomic mass is 28.4. The summed E-state index contributed by atoms with van der Waals surface area (Å²) in [4.78, 5) is 24.2. The van der Waals surface area contributed by atoms with Crippen molar-refractivity contribution < 1.29 is 24.2 Å². The lowest BCUT2D eigenvalue weighted by molar-refractivity contribution is -0.106. The van der Waals surface area contributed by atoms with E-state index in [0.29, 0.717) is 12.2 Å². The highest BCUT2D eigenvalue weighted by Crippen LogP contribution is 2.47. The van der Waals surface area contributed by atoms with Crippen LogP contribution < -0.4 is 9.64 Å². The maximum absolute atomic E-state index is 11.8. The molecule has 0 aliphatic carbocycles. The van der Waals surface area contributed by atoms with Gasteiger partial charge in [0.25, 0.3) is 0 Å². The van der Waals surface area contributed by atoms with Crippen molar-refractivity contribution in [3.05, 3.63) is 54.1 Å². The number of nitrogens with zero attached hydrogens (tertiary/aromatic N) is 1. The smallest absolute Gasteiger partial charge is 0.218 e. The second kappa shape index (κ2) is 9.30.